The van der Waals surface area contributed by atoms with Crippen LogP contribution < -0.4 is 5.73 Å². The average molecular weight is 225 g/mol. The van der Waals surface area contributed by atoms with Crippen molar-refractivity contribution in [2.45, 2.75) is 25.3 Å². The number of nitrogens with zero attached hydrogens (tertiary/aromatic N) is 2. The van der Waals surface area contributed by atoms with E-state index < -0.39 is 0 Å². The molecule has 1 aliphatic rings. The maximum Gasteiger partial charge on any atom is 0.159 e. The largest absolute Gasteiger partial charge is 0.327 e. The van der Waals surface area contributed by atoms with Crippen LogP contribution in [0.2, 0.25) is 0 Å². The summed E-state index contributed by atoms with van der Waals surface area (Å²) in [6, 6.07) is 10.3. The summed E-state index contributed by atoms with van der Waals surface area (Å²) in [5.74, 6) is 0.804. The van der Waals surface area contributed by atoms with Crippen molar-refractivity contribution in [2.24, 2.45) is 5.73 Å². The Morgan fingerprint density at radius 1 is 1.18 bits per heavy atom. The molecule has 0 saturated carbocycles. The zero-order valence-electron chi connectivity index (χ0n) is 9.63. The van der Waals surface area contributed by atoms with Crippen LogP contribution in [0.1, 0.15) is 17.7 Å². The summed E-state index contributed by atoms with van der Waals surface area (Å²) in [5.41, 5.74) is 9.42. The fourth-order valence-corrected chi connectivity index (χ4v) is 2.25. The Morgan fingerprint density at radius 2 is 2.00 bits per heavy atom. The van der Waals surface area contributed by atoms with Crippen LogP contribution in [0, 0.1) is 0 Å². The molecule has 1 heterocycles. The Hall–Kier alpha value is -1.74. The SMILES string of the molecule is NC1CCc2cnc(-c3ccccc3)nc2C1. The van der Waals surface area contributed by atoms with Gasteiger partial charge in [0.05, 0.1) is 0 Å². The smallest absolute Gasteiger partial charge is 0.159 e. The number of fused-ring (bicyclic) bond motifs is 1. The number of aromatic nitrogens is 2. The van der Waals surface area contributed by atoms with Crippen LogP contribution in [0.3, 0.4) is 0 Å². The molecule has 3 heteroatoms. The summed E-state index contributed by atoms with van der Waals surface area (Å²) >= 11 is 0. The normalized spacial score (nSPS) is 18.8. The van der Waals surface area contributed by atoms with Crippen LogP contribution in [0.15, 0.2) is 36.5 Å². The quantitative estimate of drug-likeness (QED) is 0.807. The standard InChI is InChI=1S/C14H15N3/c15-12-7-6-11-9-16-14(17-13(11)8-12)10-4-2-1-3-5-10/h1-5,9,12H,6-8,15H2. The molecule has 2 aromatic rings. The molecule has 0 aliphatic heterocycles. The zero-order chi connectivity index (χ0) is 11.7. The highest BCUT2D eigenvalue weighted by Crippen LogP contribution is 2.21. The molecule has 0 bridgehead atoms. The lowest BCUT2D eigenvalue weighted by Crippen LogP contribution is -2.28. The third-order valence-electron chi connectivity index (χ3n) is 3.23. The first kappa shape index (κ1) is 10.4. The van der Waals surface area contributed by atoms with Gasteiger partial charge in [-0.2, -0.15) is 0 Å². The second-order valence-corrected chi connectivity index (χ2v) is 4.53. The van der Waals surface area contributed by atoms with Crippen molar-refractivity contribution in [3.63, 3.8) is 0 Å². The first-order valence-corrected chi connectivity index (χ1v) is 5.99. The van der Waals surface area contributed by atoms with Gasteiger partial charge in [0.1, 0.15) is 0 Å². The number of hydrogen-bond acceptors (Lipinski definition) is 3. The highest BCUT2D eigenvalue weighted by molar-refractivity contribution is 5.54. The molecule has 86 valence electrons. The highest BCUT2D eigenvalue weighted by atomic mass is 14.9. The molecule has 1 atom stereocenters. The van der Waals surface area contributed by atoms with Gasteiger partial charge in [-0.15, -0.1) is 0 Å². The molecule has 1 aromatic carbocycles. The molecule has 3 rings (SSSR count). The van der Waals surface area contributed by atoms with E-state index >= 15 is 0 Å². The van der Waals surface area contributed by atoms with E-state index in [1.807, 2.05) is 36.5 Å². The van der Waals surface area contributed by atoms with E-state index in [4.69, 9.17) is 5.73 Å². The number of aryl methyl sites for hydroxylation is 1. The van der Waals surface area contributed by atoms with Crippen molar-refractivity contribution in [3.8, 4) is 11.4 Å². The lowest BCUT2D eigenvalue weighted by Gasteiger charge is -2.20. The van der Waals surface area contributed by atoms with Crippen molar-refractivity contribution in [1.29, 1.82) is 0 Å². The summed E-state index contributed by atoms with van der Waals surface area (Å²) in [7, 11) is 0. The predicted molar refractivity (Wildman–Crippen MR) is 67.5 cm³/mol. The van der Waals surface area contributed by atoms with E-state index in [0.29, 0.717) is 0 Å². The van der Waals surface area contributed by atoms with Gasteiger partial charge in [0, 0.05) is 29.9 Å². The lowest BCUT2D eigenvalue weighted by atomic mass is 9.93. The van der Waals surface area contributed by atoms with Crippen molar-refractivity contribution in [3.05, 3.63) is 47.8 Å². The molecule has 0 radical (unpaired) electrons. The van der Waals surface area contributed by atoms with Crippen LogP contribution >= 0.6 is 0 Å². The number of nitrogens with two attached hydrogens (primary N) is 1. The molecular weight excluding hydrogens is 210 g/mol. The Kier molecular flexibility index (Phi) is 2.61. The molecule has 1 aliphatic carbocycles. The first-order chi connectivity index (χ1) is 8.33. The highest BCUT2D eigenvalue weighted by Gasteiger charge is 2.17. The Labute approximate surface area is 101 Å². The van der Waals surface area contributed by atoms with Gasteiger partial charge in [0.2, 0.25) is 0 Å². The summed E-state index contributed by atoms with van der Waals surface area (Å²) in [4.78, 5) is 9.08. The molecule has 0 spiro atoms. The second kappa shape index (κ2) is 4.26. The molecule has 3 nitrogen and oxygen atoms in total. The average Bonchev–Trinajstić information content (AvgIpc) is 2.39. The van der Waals surface area contributed by atoms with E-state index in [0.717, 1.165) is 36.3 Å². The summed E-state index contributed by atoms with van der Waals surface area (Å²) in [6.45, 7) is 0. The van der Waals surface area contributed by atoms with Gasteiger partial charge >= 0.3 is 0 Å². The van der Waals surface area contributed by atoms with Crippen LogP contribution in [0.4, 0.5) is 0 Å². The monoisotopic (exact) mass is 225 g/mol. The number of hydrogen-bond donors (Lipinski definition) is 1. The fourth-order valence-electron chi connectivity index (χ4n) is 2.25. The minimum atomic E-state index is 0.251. The van der Waals surface area contributed by atoms with Crippen molar-refractivity contribution < 1.29 is 0 Å². The lowest BCUT2D eigenvalue weighted by molar-refractivity contribution is 0.563. The predicted octanol–water partition coefficient (Wildman–Crippen LogP) is 1.96. The number of rotatable bonds is 1. The van der Waals surface area contributed by atoms with Gasteiger partial charge in [0.15, 0.2) is 5.82 Å². The van der Waals surface area contributed by atoms with Gasteiger partial charge in [-0.3, -0.25) is 0 Å². The summed E-state index contributed by atoms with van der Waals surface area (Å²) < 4.78 is 0. The molecule has 2 N–H and O–H groups in total. The topological polar surface area (TPSA) is 51.8 Å². The van der Waals surface area contributed by atoms with Crippen LogP contribution in [-0.2, 0) is 12.8 Å². The van der Waals surface area contributed by atoms with E-state index in [2.05, 4.69) is 9.97 Å². The maximum atomic E-state index is 5.98. The van der Waals surface area contributed by atoms with Gasteiger partial charge in [-0.1, -0.05) is 30.3 Å². The molecule has 0 amide bonds. The third-order valence-corrected chi connectivity index (χ3v) is 3.23. The van der Waals surface area contributed by atoms with Gasteiger partial charge in [0.25, 0.3) is 0 Å². The van der Waals surface area contributed by atoms with Crippen molar-refractivity contribution in [2.75, 3.05) is 0 Å². The van der Waals surface area contributed by atoms with Crippen LogP contribution in [-0.4, -0.2) is 16.0 Å². The zero-order valence-corrected chi connectivity index (χ0v) is 9.63. The van der Waals surface area contributed by atoms with E-state index in [9.17, 15) is 0 Å². The summed E-state index contributed by atoms with van der Waals surface area (Å²) in [5, 5.41) is 0. The van der Waals surface area contributed by atoms with Crippen LogP contribution in [0.25, 0.3) is 11.4 Å². The van der Waals surface area contributed by atoms with E-state index in [-0.39, 0.29) is 6.04 Å². The van der Waals surface area contributed by atoms with Crippen LogP contribution in [0.5, 0.6) is 0 Å². The Morgan fingerprint density at radius 3 is 2.82 bits per heavy atom. The second-order valence-electron chi connectivity index (χ2n) is 4.53. The maximum absolute atomic E-state index is 5.98. The third kappa shape index (κ3) is 2.06. The Balaban J connectivity index is 2.01. The van der Waals surface area contributed by atoms with Crippen molar-refractivity contribution >= 4 is 0 Å². The molecule has 1 aromatic heterocycles. The first-order valence-electron chi connectivity index (χ1n) is 5.99. The number of benzene rings is 1. The fraction of sp³-hybridized carbons (Fsp3) is 0.286. The molecule has 17 heavy (non-hydrogen) atoms. The van der Waals surface area contributed by atoms with E-state index in [1.165, 1.54) is 5.56 Å². The minimum Gasteiger partial charge on any atom is -0.327 e. The van der Waals surface area contributed by atoms with Gasteiger partial charge < -0.3 is 5.73 Å². The molecule has 0 fully saturated rings. The molecule has 1 unspecified atom stereocenters. The molecule has 0 saturated heterocycles. The van der Waals surface area contributed by atoms with Gasteiger partial charge in [-0.25, -0.2) is 9.97 Å². The Bertz CT molecular complexity index is 522. The molecular formula is C14H15N3. The van der Waals surface area contributed by atoms with E-state index in [1.54, 1.807) is 0 Å². The van der Waals surface area contributed by atoms with Gasteiger partial charge in [-0.05, 0) is 18.4 Å². The van der Waals surface area contributed by atoms with Crippen molar-refractivity contribution in [1.82, 2.24) is 9.97 Å². The minimum absolute atomic E-state index is 0.251. The summed E-state index contributed by atoms with van der Waals surface area (Å²) in [6.07, 6.45) is 4.88.